The largest absolute Gasteiger partial charge is 0.464 e. The maximum atomic E-state index is 6.96. The van der Waals surface area contributed by atoms with E-state index in [-0.39, 0.29) is 17.9 Å². The molecular formula is C110H96N2O2. The summed E-state index contributed by atoms with van der Waals surface area (Å²) in [6.45, 7) is 43.6. The van der Waals surface area contributed by atoms with Gasteiger partial charge in [-0.25, -0.2) is 0 Å². The van der Waals surface area contributed by atoms with Gasteiger partial charge in [0.1, 0.15) is 23.2 Å². The molecule has 0 spiro atoms. The smallest absolute Gasteiger partial charge is 0.142 e. The second-order valence-corrected chi connectivity index (χ2v) is 29.0. The zero-order valence-corrected chi connectivity index (χ0v) is 65.0. The first kappa shape index (κ1) is 76.9. The Hall–Kier alpha value is -13.8. The number of furan rings is 2. The van der Waals surface area contributed by atoms with Crippen LogP contribution in [0.5, 0.6) is 0 Å². The highest BCUT2D eigenvalue weighted by atomic mass is 16.3. The summed E-state index contributed by atoms with van der Waals surface area (Å²) < 4.78 is 13.0. The molecule has 0 aliphatic heterocycles. The van der Waals surface area contributed by atoms with E-state index in [2.05, 4.69) is 342 Å². The Kier molecular flexibility index (Phi) is 24.5. The third kappa shape index (κ3) is 16.9. The number of anilines is 1. The molecule has 3 unspecified atom stereocenters. The molecular weight excluding hydrogens is 1380 g/mol. The minimum absolute atomic E-state index is 0.00908. The standard InChI is InChI=1S/C58H47NO.C52H49NO/c1-5-7-20-45-35-43-23-11-12-24-44(43)37-55(45)46-26-17-28-49(36-46)59(56(19-6-2)57-39-48-27-18-32-51(58(48)60-57)42-21-9-8-10-22-42)41(4)34-33-40(3)54-38-47-25-13-14-29-50(47)52-30-15-16-31-53(52)54;1-7-23-51(50-37-54-52-34-20-19-33-49(50)52)53(35-22-21-24-38(4)40(6)44(8-2)45(9-3)41-26-11-10-12-27-41)39(5)25-13-14-28-42-36-43-29-15-16-30-46(43)48-32-18-17-31-47(42)48/h5-18,20-32,35-39,56H,1-4,19,33-34H2;7-12,14-20,22-23,26-37,44-45H,1-6,13,21,24-25H2/b20-7-;28-14+,35-22+,51-23+. The summed E-state index contributed by atoms with van der Waals surface area (Å²) in [6.07, 6.45) is 31.6. The zero-order valence-electron chi connectivity index (χ0n) is 65.0. The molecule has 0 saturated heterocycles. The summed E-state index contributed by atoms with van der Waals surface area (Å²) in [5, 5.41) is 14.4. The number of fused-ring (bicyclic) bond motifs is 9. The van der Waals surface area contributed by atoms with E-state index in [1.54, 1.807) is 0 Å². The van der Waals surface area contributed by atoms with E-state index in [4.69, 9.17) is 22.0 Å². The lowest BCUT2D eigenvalue weighted by Crippen LogP contribution is -2.27. The Morgan fingerprint density at radius 1 is 0.430 bits per heavy atom. The predicted molar refractivity (Wildman–Crippen MR) is 494 cm³/mol. The van der Waals surface area contributed by atoms with E-state index in [1.807, 2.05) is 79.1 Å². The van der Waals surface area contributed by atoms with Gasteiger partial charge in [-0.1, -0.05) is 343 Å². The lowest BCUT2D eigenvalue weighted by molar-refractivity contribution is 0.484. The topological polar surface area (TPSA) is 32.8 Å². The maximum absolute atomic E-state index is 6.96. The van der Waals surface area contributed by atoms with Crippen LogP contribution in [0, 0.1) is 5.92 Å². The van der Waals surface area contributed by atoms with Gasteiger partial charge in [0.15, 0.2) is 0 Å². The normalized spacial score (nSPS) is 12.5. The van der Waals surface area contributed by atoms with Crippen LogP contribution < -0.4 is 4.90 Å². The second kappa shape index (κ2) is 36.4. The molecule has 13 aromatic carbocycles. The van der Waals surface area contributed by atoms with Crippen LogP contribution in [0.2, 0.25) is 0 Å². The van der Waals surface area contributed by atoms with Crippen molar-refractivity contribution in [2.24, 2.45) is 5.92 Å². The first-order chi connectivity index (χ1) is 55.9. The fraction of sp³-hybridized carbons (Fsp3) is 0.0909. The number of nitrogens with zero attached hydrogens (tertiary/aromatic N) is 2. The molecule has 0 radical (unpaired) electrons. The fourth-order valence-electron chi connectivity index (χ4n) is 16.0. The monoisotopic (exact) mass is 1480 g/mol. The van der Waals surface area contributed by atoms with Crippen LogP contribution in [0.3, 0.4) is 0 Å². The lowest BCUT2D eigenvalue weighted by Gasteiger charge is -2.34. The van der Waals surface area contributed by atoms with Crippen molar-refractivity contribution < 1.29 is 8.83 Å². The number of benzene rings is 13. The van der Waals surface area contributed by atoms with E-state index in [9.17, 15) is 0 Å². The first-order valence-corrected chi connectivity index (χ1v) is 39.3. The Labute approximate surface area is 672 Å². The van der Waals surface area contributed by atoms with Crippen LogP contribution >= 0.6 is 0 Å². The Morgan fingerprint density at radius 2 is 1.03 bits per heavy atom. The predicted octanol–water partition coefficient (Wildman–Crippen LogP) is 31.3. The third-order valence-electron chi connectivity index (χ3n) is 21.8. The number of para-hydroxylation sites is 2. The minimum atomic E-state index is -0.215. The zero-order chi connectivity index (χ0) is 78.9. The van der Waals surface area contributed by atoms with Gasteiger partial charge in [-0.05, 0) is 204 Å². The number of hydrogen-bond acceptors (Lipinski definition) is 4. The van der Waals surface area contributed by atoms with Crippen LogP contribution in [-0.2, 0) is 0 Å². The Morgan fingerprint density at radius 3 is 1.73 bits per heavy atom. The van der Waals surface area contributed by atoms with Gasteiger partial charge in [0.05, 0.1) is 11.7 Å². The van der Waals surface area contributed by atoms with Gasteiger partial charge < -0.3 is 18.6 Å². The van der Waals surface area contributed by atoms with Crippen LogP contribution in [-0.4, -0.2) is 4.90 Å². The van der Waals surface area contributed by atoms with Crippen molar-refractivity contribution in [2.45, 2.75) is 56.9 Å². The van der Waals surface area contributed by atoms with E-state index in [0.29, 0.717) is 12.8 Å². The van der Waals surface area contributed by atoms with Crippen molar-refractivity contribution in [3.63, 3.8) is 0 Å². The molecule has 0 aliphatic carbocycles. The van der Waals surface area contributed by atoms with Crippen LogP contribution in [0.25, 0.3) is 121 Å². The van der Waals surface area contributed by atoms with E-state index >= 15 is 0 Å². The highest BCUT2D eigenvalue weighted by Gasteiger charge is 2.29. The molecule has 0 amide bonds. The lowest BCUT2D eigenvalue weighted by atomic mass is 9.79. The van der Waals surface area contributed by atoms with Crippen molar-refractivity contribution in [2.75, 3.05) is 4.90 Å². The van der Waals surface area contributed by atoms with Gasteiger partial charge in [0.2, 0.25) is 0 Å². The van der Waals surface area contributed by atoms with Gasteiger partial charge in [0, 0.05) is 57.0 Å². The quantitative estimate of drug-likeness (QED) is 0.0239. The molecule has 0 N–H and O–H groups in total. The molecule has 0 fully saturated rings. The number of allylic oxidation sites excluding steroid dienone is 13. The third-order valence-corrected chi connectivity index (χ3v) is 21.8. The average molecular weight is 1480 g/mol. The summed E-state index contributed by atoms with van der Waals surface area (Å²) in [6, 6.07) is 98.3. The van der Waals surface area contributed by atoms with Crippen molar-refractivity contribution in [1.29, 1.82) is 0 Å². The van der Waals surface area contributed by atoms with E-state index in [0.717, 1.165) is 133 Å². The molecule has 15 aromatic rings. The summed E-state index contributed by atoms with van der Waals surface area (Å²) in [7, 11) is 0. The van der Waals surface area contributed by atoms with Crippen molar-refractivity contribution >= 4 is 105 Å². The summed E-state index contributed by atoms with van der Waals surface area (Å²) >= 11 is 0. The second-order valence-electron chi connectivity index (χ2n) is 29.0. The summed E-state index contributed by atoms with van der Waals surface area (Å²) in [4.78, 5) is 4.54. The Bertz CT molecular complexity index is 6280. The number of hydrogen-bond donors (Lipinski definition) is 0. The molecule has 0 bridgehead atoms. The molecule has 114 heavy (non-hydrogen) atoms. The van der Waals surface area contributed by atoms with Crippen molar-refractivity contribution in [1.82, 2.24) is 4.90 Å². The molecule has 15 rings (SSSR count). The van der Waals surface area contributed by atoms with Gasteiger partial charge in [-0.3, -0.25) is 0 Å². The SMILES string of the molecule is C=C/C=C(\c1coc2ccccc12)N(/C=C/CCC(=C)C(=C)C(C=C)C(C=C)c1ccccc1)C(=C)CC/C=C/c1cc2ccccc2c2ccccc12.C=C/C=C\c1cc2ccccc2cc1-c1cccc(N(C(=C)CCC(=C)c2cc3ccccc3c3ccccc23)C(CC=C)c2cc3cccc(-c4ccccc4)c3o2)c1. The molecule has 0 saturated carbocycles. The summed E-state index contributed by atoms with van der Waals surface area (Å²) in [5.41, 5.74) is 18.8. The number of rotatable bonds is 32. The van der Waals surface area contributed by atoms with Crippen LogP contribution in [0.15, 0.2) is 443 Å². The van der Waals surface area contributed by atoms with Crippen molar-refractivity contribution in [3.8, 4) is 22.3 Å². The summed E-state index contributed by atoms with van der Waals surface area (Å²) in [5.74, 6) is 0.946. The van der Waals surface area contributed by atoms with Crippen molar-refractivity contribution in [3.05, 3.63) is 468 Å². The molecule has 0 aliphatic rings. The Balaban J connectivity index is 0.000000190. The van der Waals surface area contributed by atoms with E-state index in [1.165, 1.54) is 70.6 Å². The van der Waals surface area contributed by atoms with Gasteiger partial charge in [0.25, 0.3) is 0 Å². The highest BCUT2D eigenvalue weighted by molar-refractivity contribution is 6.13. The highest BCUT2D eigenvalue weighted by Crippen LogP contribution is 2.44. The molecule has 2 aromatic heterocycles. The fourth-order valence-corrected chi connectivity index (χ4v) is 16.0. The molecule has 3 atom stereocenters. The molecule has 558 valence electrons. The molecule has 4 nitrogen and oxygen atoms in total. The minimum Gasteiger partial charge on any atom is -0.464 e. The van der Waals surface area contributed by atoms with Gasteiger partial charge in [-0.2, -0.15) is 0 Å². The van der Waals surface area contributed by atoms with Gasteiger partial charge in [-0.15, -0.1) is 19.7 Å². The van der Waals surface area contributed by atoms with Gasteiger partial charge >= 0.3 is 0 Å². The van der Waals surface area contributed by atoms with E-state index < -0.39 is 0 Å². The average Bonchev–Trinajstić information content (AvgIpc) is 1.48. The maximum Gasteiger partial charge on any atom is 0.142 e. The van der Waals surface area contributed by atoms with Crippen LogP contribution in [0.1, 0.15) is 90.5 Å². The molecule has 4 heteroatoms. The van der Waals surface area contributed by atoms with Crippen LogP contribution in [0.4, 0.5) is 5.69 Å². The first-order valence-electron chi connectivity index (χ1n) is 39.3. The molecule has 2 heterocycles.